The quantitative estimate of drug-likeness (QED) is 0.688. The van der Waals surface area contributed by atoms with E-state index in [1.54, 1.807) is 13.8 Å². The molecule has 0 aromatic rings. The fourth-order valence-corrected chi connectivity index (χ4v) is 2.33. The number of carbonyl (C=O) groups is 3. The van der Waals surface area contributed by atoms with E-state index in [9.17, 15) is 14.4 Å². The van der Waals surface area contributed by atoms with Crippen LogP contribution in [0.25, 0.3) is 0 Å². The number of hydrogen-bond donors (Lipinski definition) is 3. The van der Waals surface area contributed by atoms with Crippen LogP contribution in [0.15, 0.2) is 0 Å². The van der Waals surface area contributed by atoms with E-state index in [1.807, 2.05) is 20.8 Å². The van der Waals surface area contributed by atoms with E-state index >= 15 is 0 Å². The Morgan fingerprint density at radius 3 is 2.05 bits per heavy atom. The summed E-state index contributed by atoms with van der Waals surface area (Å²) in [4.78, 5) is 34.4. The highest BCUT2D eigenvalue weighted by molar-refractivity contribution is 5.93. The minimum absolute atomic E-state index is 0.130. The van der Waals surface area contributed by atoms with Gasteiger partial charge in [-0.25, -0.2) is 0 Å². The Morgan fingerprint density at radius 2 is 1.68 bits per heavy atom. The fraction of sp³-hybridized carbons (Fsp3) is 0.769. The van der Waals surface area contributed by atoms with E-state index in [4.69, 9.17) is 5.11 Å². The van der Waals surface area contributed by atoms with E-state index in [1.165, 1.54) is 0 Å². The van der Waals surface area contributed by atoms with Gasteiger partial charge in [0.25, 0.3) is 0 Å². The fourth-order valence-electron chi connectivity index (χ4n) is 2.33. The van der Waals surface area contributed by atoms with E-state index in [0.29, 0.717) is 0 Å². The minimum atomic E-state index is -0.968. The zero-order valence-electron chi connectivity index (χ0n) is 12.0. The Kier molecular flexibility index (Phi) is 3.93. The standard InChI is InChI=1S/C13H22N2O4/c1-12(2,3)15-7(16)6-14-10(17)8-9(11(18)19)13(8,4)5/h8-9H,6H2,1-5H3,(H,14,17)(H,15,16)(H,18,19)/t8-,9+/m1/s1. The molecule has 0 aromatic carbocycles. The van der Waals surface area contributed by atoms with Crippen LogP contribution >= 0.6 is 0 Å². The Balaban J connectivity index is 2.46. The van der Waals surface area contributed by atoms with Gasteiger partial charge in [-0.2, -0.15) is 0 Å². The van der Waals surface area contributed by atoms with Crippen molar-refractivity contribution in [3.63, 3.8) is 0 Å². The molecule has 0 bridgehead atoms. The number of carboxylic acid groups (broad SMARTS) is 1. The predicted molar refractivity (Wildman–Crippen MR) is 69.3 cm³/mol. The second-order valence-electron chi connectivity index (χ2n) is 6.63. The van der Waals surface area contributed by atoms with Gasteiger partial charge in [0.15, 0.2) is 0 Å². The molecule has 6 nitrogen and oxygen atoms in total. The molecule has 6 heteroatoms. The van der Waals surface area contributed by atoms with Gasteiger partial charge in [0, 0.05) is 5.54 Å². The van der Waals surface area contributed by atoms with Crippen molar-refractivity contribution in [2.24, 2.45) is 17.3 Å². The predicted octanol–water partition coefficient (Wildman–Crippen LogP) is 0.374. The average Bonchev–Trinajstić information content (AvgIpc) is 2.75. The molecule has 3 N–H and O–H groups in total. The molecule has 108 valence electrons. The third-order valence-electron chi connectivity index (χ3n) is 3.31. The summed E-state index contributed by atoms with van der Waals surface area (Å²) >= 11 is 0. The molecular formula is C13H22N2O4. The maximum Gasteiger partial charge on any atom is 0.307 e. The summed E-state index contributed by atoms with van der Waals surface area (Å²) < 4.78 is 0. The zero-order valence-corrected chi connectivity index (χ0v) is 12.0. The molecule has 1 aliphatic rings. The molecule has 0 spiro atoms. The lowest BCUT2D eigenvalue weighted by Crippen LogP contribution is -2.46. The van der Waals surface area contributed by atoms with Gasteiger partial charge in [0.05, 0.1) is 18.4 Å². The molecule has 19 heavy (non-hydrogen) atoms. The van der Waals surface area contributed by atoms with Gasteiger partial charge in [-0.1, -0.05) is 13.8 Å². The monoisotopic (exact) mass is 270 g/mol. The largest absolute Gasteiger partial charge is 0.481 e. The van der Waals surface area contributed by atoms with Crippen molar-refractivity contribution in [2.45, 2.75) is 40.2 Å². The Bertz CT molecular complexity index is 409. The van der Waals surface area contributed by atoms with E-state index in [0.717, 1.165) is 0 Å². The van der Waals surface area contributed by atoms with Crippen LogP contribution in [0.2, 0.25) is 0 Å². The summed E-state index contributed by atoms with van der Waals surface area (Å²) in [6.07, 6.45) is 0. The summed E-state index contributed by atoms with van der Waals surface area (Å²) in [5.74, 6) is -2.86. The second kappa shape index (κ2) is 4.83. The van der Waals surface area contributed by atoms with Crippen LogP contribution in [0.5, 0.6) is 0 Å². The molecule has 0 heterocycles. The Labute approximate surface area is 112 Å². The van der Waals surface area contributed by atoms with Crippen molar-refractivity contribution < 1.29 is 19.5 Å². The van der Waals surface area contributed by atoms with Crippen molar-refractivity contribution in [1.82, 2.24) is 10.6 Å². The molecule has 1 saturated carbocycles. The molecule has 0 unspecified atom stereocenters. The third-order valence-corrected chi connectivity index (χ3v) is 3.31. The Morgan fingerprint density at radius 1 is 1.16 bits per heavy atom. The molecule has 0 radical (unpaired) electrons. The van der Waals surface area contributed by atoms with Crippen LogP contribution in [0, 0.1) is 17.3 Å². The van der Waals surface area contributed by atoms with E-state index in [2.05, 4.69) is 10.6 Å². The number of aliphatic carboxylic acids is 1. The van der Waals surface area contributed by atoms with Gasteiger partial charge in [-0.3, -0.25) is 14.4 Å². The summed E-state index contributed by atoms with van der Waals surface area (Å²) in [6.45, 7) is 8.89. The van der Waals surface area contributed by atoms with Gasteiger partial charge >= 0.3 is 5.97 Å². The first-order chi connectivity index (χ1) is 8.47. The van der Waals surface area contributed by atoms with Crippen molar-refractivity contribution in [1.29, 1.82) is 0 Å². The number of nitrogens with one attached hydrogen (secondary N) is 2. The van der Waals surface area contributed by atoms with Crippen LogP contribution in [-0.2, 0) is 14.4 Å². The van der Waals surface area contributed by atoms with Crippen molar-refractivity contribution in [3.05, 3.63) is 0 Å². The minimum Gasteiger partial charge on any atom is -0.481 e. The first-order valence-corrected chi connectivity index (χ1v) is 6.28. The molecule has 0 aliphatic heterocycles. The van der Waals surface area contributed by atoms with Crippen LogP contribution < -0.4 is 10.6 Å². The number of carboxylic acids is 1. The Hall–Kier alpha value is -1.59. The summed E-state index contributed by atoms with van der Waals surface area (Å²) in [5, 5.41) is 14.2. The SMILES string of the molecule is CC(C)(C)NC(=O)CNC(=O)[C@H]1[C@@H](C(=O)O)C1(C)C. The van der Waals surface area contributed by atoms with Gasteiger partial charge in [-0.05, 0) is 26.2 Å². The van der Waals surface area contributed by atoms with Crippen molar-refractivity contribution in [3.8, 4) is 0 Å². The van der Waals surface area contributed by atoms with Gasteiger partial charge in [0.1, 0.15) is 0 Å². The normalized spacial score (nSPS) is 24.5. The van der Waals surface area contributed by atoms with E-state index < -0.39 is 23.2 Å². The van der Waals surface area contributed by atoms with Crippen molar-refractivity contribution in [2.75, 3.05) is 6.54 Å². The molecule has 2 amide bonds. The molecule has 0 aromatic heterocycles. The lowest BCUT2D eigenvalue weighted by Gasteiger charge is -2.20. The highest BCUT2D eigenvalue weighted by Gasteiger charge is 2.65. The van der Waals surface area contributed by atoms with E-state index in [-0.39, 0.29) is 23.9 Å². The summed E-state index contributed by atoms with van der Waals surface area (Å²) in [7, 11) is 0. The smallest absolute Gasteiger partial charge is 0.307 e. The van der Waals surface area contributed by atoms with Gasteiger partial charge in [-0.15, -0.1) is 0 Å². The molecule has 0 saturated heterocycles. The summed E-state index contributed by atoms with van der Waals surface area (Å²) in [5.41, 5.74) is -0.902. The van der Waals surface area contributed by atoms with Gasteiger partial charge in [0.2, 0.25) is 11.8 Å². The highest BCUT2D eigenvalue weighted by atomic mass is 16.4. The van der Waals surface area contributed by atoms with Gasteiger partial charge < -0.3 is 15.7 Å². The molecule has 1 rings (SSSR count). The molecule has 1 aliphatic carbocycles. The number of rotatable bonds is 4. The summed E-state index contributed by atoms with van der Waals surface area (Å²) in [6, 6.07) is 0. The number of amides is 2. The molecule has 1 fully saturated rings. The topological polar surface area (TPSA) is 95.5 Å². The first kappa shape index (κ1) is 15.5. The third kappa shape index (κ3) is 3.68. The zero-order chi connectivity index (χ0) is 15.0. The highest BCUT2D eigenvalue weighted by Crippen LogP contribution is 2.58. The second-order valence-corrected chi connectivity index (χ2v) is 6.63. The average molecular weight is 270 g/mol. The molecular weight excluding hydrogens is 248 g/mol. The first-order valence-electron chi connectivity index (χ1n) is 6.28. The number of hydrogen-bond acceptors (Lipinski definition) is 3. The van der Waals surface area contributed by atoms with Crippen LogP contribution in [0.3, 0.4) is 0 Å². The van der Waals surface area contributed by atoms with Crippen LogP contribution in [0.4, 0.5) is 0 Å². The number of carbonyl (C=O) groups excluding carboxylic acids is 2. The maximum absolute atomic E-state index is 11.9. The molecule has 2 atom stereocenters. The lowest BCUT2D eigenvalue weighted by atomic mass is 10.1. The van der Waals surface area contributed by atoms with Crippen molar-refractivity contribution >= 4 is 17.8 Å². The van der Waals surface area contributed by atoms with Crippen LogP contribution in [0.1, 0.15) is 34.6 Å². The lowest BCUT2D eigenvalue weighted by molar-refractivity contribution is -0.140. The van der Waals surface area contributed by atoms with Crippen LogP contribution in [-0.4, -0.2) is 35.0 Å². The maximum atomic E-state index is 11.9.